The van der Waals surface area contributed by atoms with Crippen molar-refractivity contribution in [1.82, 2.24) is 0 Å². The average molecular weight is 298 g/mol. The molecule has 0 bridgehead atoms. The van der Waals surface area contributed by atoms with E-state index in [0.717, 1.165) is 12.5 Å². The van der Waals surface area contributed by atoms with E-state index in [1.807, 2.05) is 0 Å². The van der Waals surface area contributed by atoms with Gasteiger partial charge < -0.3 is 9.84 Å². The molecular weight excluding hydrogens is 278 g/mol. The van der Waals surface area contributed by atoms with Gasteiger partial charge in [0.1, 0.15) is 0 Å². The fourth-order valence-electron chi connectivity index (χ4n) is 3.26. The van der Waals surface area contributed by atoms with Crippen LogP contribution in [-0.2, 0) is 4.79 Å². The first kappa shape index (κ1) is 15.7. The Morgan fingerprint density at radius 3 is 2.62 bits per heavy atom. The highest BCUT2D eigenvalue weighted by molar-refractivity contribution is 5.72. The Hall–Kier alpha value is -1.65. The number of hydrogen-bond donors (Lipinski definition) is 1. The second-order valence-electron chi connectivity index (χ2n) is 6.44. The molecule has 2 unspecified atom stereocenters. The summed E-state index contributed by atoms with van der Waals surface area (Å²) in [5.41, 5.74) is 0.406. The Bertz CT molecular complexity index is 555. The Labute approximate surface area is 122 Å². The first-order valence-corrected chi connectivity index (χ1v) is 7.01. The summed E-state index contributed by atoms with van der Waals surface area (Å²) in [6.45, 7) is 4.12. The van der Waals surface area contributed by atoms with Gasteiger partial charge in [-0.25, -0.2) is 4.39 Å². The third-order valence-electron chi connectivity index (χ3n) is 4.39. The number of hydrogen-bond acceptors (Lipinski definition) is 2. The van der Waals surface area contributed by atoms with Gasteiger partial charge in [-0.1, -0.05) is 19.9 Å². The Balaban J connectivity index is 2.50. The van der Waals surface area contributed by atoms with Crippen LogP contribution in [0.25, 0.3) is 0 Å². The molecule has 1 aromatic rings. The number of aliphatic carboxylic acids is 1. The third kappa shape index (κ3) is 3.01. The van der Waals surface area contributed by atoms with Gasteiger partial charge in [0.15, 0.2) is 11.6 Å². The SMILES string of the molecule is COc1c(C2CC(C)(C)CCC2C(=O)O)ccc(F)c1F. The minimum Gasteiger partial charge on any atom is -0.493 e. The molecule has 3 nitrogen and oxygen atoms in total. The second kappa shape index (κ2) is 5.62. The molecular formula is C16H20F2O3. The number of halogens is 2. The molecule has 1 aliphatic rings. The maximum absolute atomic E-state index is 13.9. The van der Waals surface area contributed by atoms with Crippen LogP contribution in [0.15, 0.2) is 12.1 Å². The van der Waals surface area contributed by atoms with Gasteiger partial charge >= 0.3 is 5.97 Å². The number of benzene rings is 1. The molecule has 0 spiro atoms. The molecule has 2 rings (SSSR count). The monoisotopic (exact) mass is 298 g/mol. The summed E-state index contributed by atoms with van der Waals surface area (Å²) < 4.78 is 32.2. The summed E-state index contributed by atoms with van der Waals surface area (Å²) in [7, 11) is 1.27. The summed E-state index contributed by atoms with van der Waals surface area (Å²) in [5, 5.41) is 9.42. The van der Waals surface area contributed by atoms with Crippen LogP contribution >= 0.6 is 0 Å². The first-order valence-electron chi connectivity index (χ1n) is 7.01. The van der Waals surface area contributed by atoms with E-state index in [4.69, 9.17) is 4.74 Å². The highest BCUT2D eigenvalue weighted by Crippen LogP contribution is 2.49. The zero-order chi connectivity index (χ0) is 15.8. The maximum atomic E-state index is 13.9. The lowest BCUT2D eigenvalue weighted by Gasteiger charge is -2.39. The van der Waals surface area contributed by atoms with E-state index in [1.54, 1.807) is 0 Å². The summed E-state index contributed by atoms with van der Waals surface area (Å²) in [6.07, 6.45) is 1.92. The van der Waals surface area contributed by atoms with Crippen molar-refractivity contribution >= 4 is 5.97 Å². The van der Waals surface area contributed by atoms with Gasteiger partial charge in [-0.15, -0.1) is 0 Å². The van der Waals surface area contributed by atoms with Crippen molar-refractivity contribution in [3.63, 3.8) is 0 Å². The van der Waals surface area contributed by atoms with Gasteiger partial charge in [0.05, 0.1) is 13.0 Å². The zero-order valence-electron chi connectivity index (χ0n) is 12.5. The van der Waals surface area contributed by atoms with Crippen LogP contribution in [0.1, 0.15) is 44.6 Å². The molecule has 0 aliphatic heterocycles. The van der Waals surface area contributed by atoms with E-state index in [2.05, 4.69) is 13.8 Å². The molecule has 1 saturated carbocycles. The topological polar surface area (TPSA) is 46.5 Å². The van der Waals surface area contributed by atoms with Gasteiger partial charge in [-0.3, -0.25) is 4.79 Å². The number of rotatable bonds is 3. The van der Waals surface area contributed by atoms with Crippen molar-refractivity contribution in [2.24, 2.45) is 11.3 Å². The lowest BCUT2D eigenvalue weighted by Crippen LogP contribution is -2.33. The number of methoxy groups -OCH3 is 1. The van der Waals surface area contributed by atoms with Gasteiger partial charge in [-0.05, 0) is 30.7 Å². The van der Waals surface area contributed by atoms with Gasteiger partial charge in [-0.2, -0.15) is 4.39 Å². The third-order valence-corrected chi connectivity index (χ3v) is 4.39. The molecule has 1 aliphatic carbocycles. The van der Waals surface area contributed by atoms with Crippen LogP contribution in [0.4, 0.5) is 8.78 Å². The molecule has 1 fully saturated rings. The molecule has 0 radical (unpaired) electrons. The Morgan fingerprint density at radius 1 is 1.38 bits per heavy atom. The molecule has 1 N–H and O–H groups in total. The zero-order valence-corrected chi connectivity index (χ0v) is 12.5. The van der Waals surface area contributed by atoms with E-state index < -0.39 is 23.5 Å². The van der Waals surface area contributed by atoms with E-state index in [9.17, 15) is 18.7 Å². The van der Waals surface area contributed by atoms with Gasteiger partial charge in [0, 0.05) is 11.5 Å². The molecule has 1 aromatic carbocycles. The van der Waals surface area contributed by atoms with E-state index in [0.29, 0.717) is 18.4 Å². The normalized spacial score (nSPS) is 24.6. The number of carboxylic acid groups (broad SMARTS) is 1. The van der Waals surface area contributed by atoms with E-state index in [1.165, 1.54) is 13.2 Å². The minimum atomic E-state index is -1.05. The van der Waals surface area contributed by atoms with Crippen molar-refractivity contribution < 1.29 is 23.4 Å². The number of ether oxygens (including phenoxy) is 1. The van der Waals surface area contributed by atoms with Crippen LogP contribution in [0.2, 0.25) is 0 Å². The molecule has 2 atom stereocenters. The van der Waals surface area contributed by atoms with Crippen LogP contribution in [-0.4, -0.2) is 18.2 Å². The fourth-order valence-corrected chi connectivity index (χ4v) is 3.26. The largest absolute Gasteiger partial charge is 0.493 e. The van der Waals surface area contributed by atoms with Crippen LogP contribution in [0.5, 0.6) is 5.75 Å². The predicted octanol–water partition coefficient (Wildman–Crippen LogP) is 3.97. The standard InChI is InChI=1S/C16H20F2O3/c1-16(2)7-6-10(15(19)20)11(8-16)9-4-5-12(17)13(18)14(9)21-3/h4-5,10-11H,6-8H2,1-3H3,(H,19,20). The summed E-state index contributed by atoms with van der Waals surface area (Å²) in [4.78, 5) is 11.5. The predicted molar refractivity (Wildman–Crippen MR) is 74.4 cm³/mol. The smallest absolute Gasteiger partial charge is 0.307 e. The summed E-state index contributed by atoms with van der Waals surface area (Å²) >= 11 is 0. The fraction of sp³-hybridized carbons (Fsp3) is 0.562. The van der Waals surface area contributed by atoms with Crippen molar-refractivity contribution in [2.45, 2.75) is 39.0 Å². The number of carboxylic acids is 1. The highest BCUT2D eigenvalue weighted by atomic mass is 19.2. The lowest BCUT2D eigenvalue weighted by molar-refractivity contribution is -0.144. The van der Waals surface area contributed by atoms with Crippen molar-refractivity contribution in [1.29, 1.82) is 0 Å². The maximum Gasteiger partial charge on any atom is 0.307 e. The van der Waals surface area contributed by atoms with E-state index >= 15 is 0 Å². The van der Waals surface area contributed by atoms with Gasteiger partial charge in [0.2, 0.25) is 5.82 Å². The molecule has 116 valence electrons. The average Bonchev–Trinajstić information content (AvgIpc) is 2.40. The van der Waals surface area contributed by atoms with Crippen LogP contribution in [0.3, 0.4) is 0 Å². The molecule has 21 heavy (non-hydrogen) atoms. The Kier molecular flexibility index (Phi) is 4.21. The van der Waals surface area contributed by atoms with Crippen LogP contribution < -0.4 is 4.74 Å². The highest BCUT2D eigenvalue weighted by Gasteiger charge is 2.41. The molecule has 5 heteroatoms. The second-order valence-corrected chi connectivity index (χ2v) is 6.44. The van der Waals surface area contributed by atoms with Gasteiger partial charge in [0.25, 0.3) is 0 Å². The van der Waals surface area contributed by atoms with Crippen molar-refractivity contribution in [3.8, 4) is 5.75 Å². The summed E-state index contributed by atoms with van der Waals surface area (Å²) in [5.74, 6) is -4.10. The van der Waals surface area contributed by atoms with Crippen molar-refractivity contribution in [3.05, 3.63) is 29.3 Å². The Morgan fingerprint density at radius 2 is 2.05 bits per heavy atom. The van der Waals surface area contributed by atoms with E-state index in [-0.39, 0.29) is 17.1 Å². The molecule has 0 aromatic heterocycles. The van der Waals surface area contributed by atoms with Crippen LogP contribution in [0, 0.1) is 23.0 Å². The molecule has 0 saturated heterocycles. The minimum absolute atomic E-state index is 0.0352. The first-order chi connectivity index (χ1) is 9.76. The quantitative estimate of drug-likeness (QED) is 0.918. The summed E-state index contributed by atoms with van der Waals surface area (Å²) in [6, 6.07) is 2.48. The molecule has 0 heterocycles. The molecule has 0 amide bonds. The van der Waals surface area contributed by atoms with Crippen molar-refractivity contribution in [2.75, 3.05) is 7.11 Å². The lowest BCUT2D eigenvalue weighted by atomic mass is 9.65. The number of carbonyl (C=O) groups is 1.